The van der Waals surface area contributed by atoms with E-state index in [4.69, 9.17) is 15.2 Å². The Morgan fingerprint density at radius 2 is 1.91 bits per heavy atom. The number of carbonyl (C=O) groups excluding carboxylic acids is 4. The highest BCUT2D eigenvalue weighted by Gasteiger charge is 2.61. The van der Waals surface area contributed by atoms with Crippen molar-refractivity contribution in [2.45, 2.75) is 108 Å². The number of carboxylic acid groups (broad SMARTS) is 1. The molecular weight excluding hydrogens is 594 g/mol. The van der Waals surface area contributed by atoms with Gasteiger partial charge < -0.3 is 40.7 Å². The molecule has 2 fully saturated rings. The molecular formula is C33H45N5O8. The quantitative estimate of drug-likeness (QED) is 0.285. The standard InChI is InChI=1S/C33H45N5O8/c1-32(2,3)46-30(43)35-25-10-8-6-4-5-7-9-22-17-33(22,29(41)42)36-27(39)26-16-24(19-38(26)28(25)40)45-31(44)37-14-13-20-11-12-23(34)15-21(20)18-37/h7,9,11-12,15,22,24-26H,4-6,8,10,13-14,16-19,34H2,1-3H3,(H,35,43)(H,36,39)(H,41,42)/b9-7+/t22-,24-,25+,26+,33-/m1/s1. The fourth-order valence-electron chi connectivity index (χ4n) is 6.55. The molecule has 1 aromatic rings. The zero-order valence-electron chi connectivity index (χ0n) is 26.8. The number of nitrogens with two attached hydrogens (primary N) is 1. The lowest BCUT2D eigenvalue weighted by molar-refractivity contribution is -0.145. The molecule has 0 bridgehead atoms. The summed E-state index contributed by atoms with van der Waals surface area (Å²) < 4.78 is 11.3. The van der Waals surface area contributed by atoms with Crippen molar-refractivity contribution in [1.29, 1.82) is 0 Å². The molecule has 0 spiro atoms. The van der Waals surface area contributed by atoms with Gasteiger partial charge in [-0.15, -0.1) is 0 Å². The Bertz CT molecular complexity index is 1410. The maximum atomic E-state index is 14.1. The van der Waals surface area contributed by atoms with E-state index in [2.05, 4.69) is 10.6 Å². The van der Waals surface area contributed by atoms with Crippen LogP contribution < -0.4 is 16.4 Å². The van der Waals surface area contributed by atoms with Crippen molar-refractivity contribution < 1.29 is 38.6 Å². The van der Waals surface area contributed by atoms with Gasteiger partial charge in [0.1, 0.15) is 29.3 Å². The Morgan fingerprint density at radius 1 is 1.13 bits per heavy atom. The number of rotatable bonds is 3. The first kappa shape index (κ1) is 33.1. The average Bonchev–Trinajstić information content (AvgIpc) is 3.51. The minimum Gasteiger partial charge on any atom is -0.479 e. The molecule has 5 N–H and O–H groups in total. The Hall–Kier alpha value is -4.29. The first-order chi connectivity index (χ1) is 21.8. The van der Waals surface area contributed by atoms with E-state index in [0.717, 1.165) is 30.4 Å². The van der Waals surface area contributed by atoms with Crippen LogP contribution in [0.3, 0.4) is 0 Å². The summed E-state index contributed by atoms with van der Waals surface area (Å²) in [6.07, 6.45) is 5.76. The number of aliphatic carboxylic acids is 1. The lowest BCUT2D eigenvalue weighted by atomic mass is 9.99. The number of anilines is 1. The van der Waals surface area contributed by atoms with Crippen LogP contribution >= 0.6 is 0 Å². The summed E-state index contributed by atoms with van der Waals surface area (Å²) >= 11 is 0. The number of hydrogen-bond donors (Lipinski definition) is 4. The van der Waals surface area contributed by atoms with E-state index in [0.29, 0.717) is 38.0 Å². The molecule has 1 aliphatic carbocycles. The Kier molecular flexibility index (Phi) is 9.50. The number of ether oxygens (including phenoxy) is 2. The van der Waals surface area contributed by atoms with Crippen LogP contribution in [-0.2, 0) is 36.8 Å². The molecule has 1 saturated carbocycles. The second-order valence-electron chi connectivity index (χ2n) is 13.8. The number of nitrogens with zero attached hydrogens (tertiary/aromatic N) is 2. The van der Waals surface area contributed by atoms with Crippen LogP contribution in [0, 0.1) is 5.92 Å². The molecule has 0 radical (unpaired) electrons. The van der Waals surface area contributed by atoms with Crippen LogP contribution in [0.5, 0.6) is 0 Å². The van der Waals surface area contributed by atoms with Crippen molar-refractivity contribution in [3.63, 3.8) is 0 Å². The van der Waals surface area contributed by atoms with Crippen molar-refractivity contribution in [2.24, 2.45) is 5.92 Å². The minimum absolute atomic E-state index is 0.0178. The molecule has 3 aliphatic heterocycles. The highest BCUT2D eigenvalue weighted by atomic mass is 16.6. The molecule has 5 rings (SSSR count). The van der Waals surface area contributed by atoms with Crippen LogP contribution in [-0.4, -0.2) is 87.3 Å². The summed E-state index contributed by atoms with van der Waals surface area (Å²) in [4.78, 5) is 69.2. The summed E-state index contributed by atoms with van der Waals surface area (Å²) in [7, 11) is 0. The highest BCUT2D eigenvalue weighted by molar-refractivity contribution is 5.96. The zero-order valence-corrected chi connectivity index (χ0v) is 26.8. The van der Waals surface area contributed by atoms with E-state index in [1.54, 1.807) is 25.7 Å². The van der Waals surface area contributed by atoms with Crippen molar-refractivity contribution >= 4 is 35.7 Å². The highest BCUT2D eigenvalue weighted by Crippen LogP contribution is 2.45. The molecule has 0 aromatic heterocycles. The van der Waals surface area contributed by atoms with Crippen molar-refractivity contribution in [3.05, 3.63) is 41.5 Å². The van der Waals surface area contributed by atoms with Gasteiger partial charge in [0.25, 0.3) is 0 Å². The number of hydrogen-bond acceptors (Lipinski definition) is 8. The summed E-state index contributed by atoms with van der Waals surface area (Å²) in [5.41, 5.74) is 6.33. The molecule has 0 unspecified atom stereocenters. The van der Waals surface area contributed by atoms with Crippen molar-refractivity contribution in [1.82, 2.24) is 20.4 Å². The minimum atomic E-state index is -1.46. The van der Waals surface area contributed by atoms with Gasteiger partial charge in [-0.1, -0.05) is 31.1 Å². The zero-order chi connectivity index (χ0) is 33.2. The number of carboxylic acids is 1. The van der Waals surface area contributed by atoms with Crippen molar-refractivity contribution in [3.8, 4) is 0 Å². The fraction of sp³-hybridized carbons (Fsp3) is 0.606. The fourth-order valence-corrected chi connectivity index (χ4v) is 6.55. The third-order valence-electron chi connectivity index (χ3n) is 9.08. The van der Waals surface area contributed by atoms with Crippen LogP contribution in [0.1, 0.15) is 76.8 Å². The van der Waals surface area contributed by atoms with Crippen LogP contribution in [0.15, 0.2) is 30.4 Å². The number of amides is 4. The van der Waals surface area contributed by atoms with Crippen LogP contribution in [0.4, 0.5) is 15.3 Å². The second kappa shape index (κ2) is 13.2. The monoisotopic (exact) mass is 639 g/mol. The van der Waals surface area contributed by atoms with Gasteiger partial charge in [0, 0.05) is 31.1 Å². The second-order valence-corrected chi connectivity index (χ2v) is 13.8. The lowest BCUT2D eigenvalue weighted by Crippen LogP contribution is -2.56. The SMILES string of the molecule is CC(C)(C)OC(=O)N[C@H]1CCCCC/C=C/[C@@H]2C[C@@]2(C(=O)O)NC(=O)[C@@H]2C[C@@H](OC(=O)N3CCc4ccc(N)cc4C3)CN2C1=O. The van der Waals surface area contributed by atoms with E-state index in [-0.39, 0.29) is 25.3 Å². The van der Waals surface area contributed by atoms with Gasteiger partial charge in [-0.25, -0.2) is 14.4 Å². The number of nitrogens with one attached hydrogen (secondary N) is 2. The van der Waals surface area contributed by atoms with Gasteiger partial charge in [-0.05, 0) is 76.1 Å². The summed E-state index contributed by atoms with van der Waals surface area (Å²) in [5, 5.41) is 15.5. The van der Waals surface area contributed by atoms with E-state index >= 15 is 0 Å². The number of fused-ring (bicyclic) bond motifs is 3. The summed E-state index contributed by atoms with van der Waals surface area (Å²) in [6, 6.07) is 3.51. The van der Waals surface area contributed by atoms with Gasteiger partial charge in [-0.2, -0.15) is 0 Å². The molecule has 1 aromatic carbocycles. The first-order valence-corrected chi connectivity index (χ1v) is 16.1. The molecule has 3 heterocycles. The first-order valence-electron chi connectivity index (χ1n) is 16.1. The number of benzene rings is 1. The third-order valence-corrected chi connectivity index (χ3v) is 9.08. The molecule has 46 heavy (non-hydrogen) atoms. The van der Waals surface area contributed by atoms with Gasteiger partial charge in [0.15, 0.2) is 0 Å². The van der Waals surface area contributed by atoms with E-state index in [1.165, 1.54) is 4.90 Å². The third kappa shape index (κ3) is 7.56. The Balaban J connectivity index is 1.36. The molecule has 4 amide bonds. The maximum Gasteiger partial charge on any atom is 0.410 e. The van der Waals surface area contributed by atoms with Crippen LogP contribution in [0.25, 0.3) is 0 Å². The topological polar surface area (TPSA) is 181 Å². The van der Waals surface area contributed by atoms with Gasteiger partial charge >= 0.3 is 18.2 Å². The van der Waals surface area contributed by atoms with Crippen molar-refractivity contribution in [2.75, 3.05) is 18.8 Å². The Labute approximate surface area is 268 Å². The van der Waals surface area contributed by atoms with E-state index < -0.39 is 59.3 Å². The van der Waals surface area contributed by atoms with E-state index in [1.807, 2.05) is 30.4 Å². The molecule has 13 nitrogen and oxygen atoms in total. The summed E-state index contributed by atoms with van der Waals surface area (Å²) in [6.45, 7) is 5.83. The van der Waals surface area contributed by atoms with Gasteiger partial charge in [0.05, 0.1) is 6.54 Å². The molecule has 13 heteroatoms. The van der Waals surface area contributed by atoms with Crippen LogP contribution in [0.2, 0.25) is 0 Å². The summed E-state index contributed by atoms with van der Waals surface area (Å²) in [5.74, 6) is -2.67. The lowest BCUT2D eigenvalue weighted by Gasteiger charge is -2.30. The predicted molar refractivity (Wildman–Crippen MR) is 167 cm³/mol. The van der Waals surface area contributed by atoms with Gasteiger partial charge in [-0.3, -0.25) is 9.59 Å². The molecule has 250 valence electrons. The number of allylic oxidation sites excluding steroid dienone is 1. The molecule has 4 aliphatic rings. The average molecular weight is 640 g/mol. The van der Waals surface area contributed by atoms with Gasteiger partial charge in [0.2, 0.25) is 11.8 Å². The molecule has 5 atom stereocenters. The Morgan fingerprint density at radius 3 is 2.65 bits per heavy atom. The predicted octanol–water partition coefficient (Wildman–Crippen LogP) is 3.11. The number of alkyl carbamates (subject to hydrolysis) is 1. The number of carbonyl (C=O) groups is 5. The van der Waals surface area contributed by atoms with E-state index in [9.17, 15) is 29.1 Å². The smallest absolute Gasteiger partial charge is 0.410 e. The largest absolute Gasteiger partial charge is 0.479 e. The molecule has 1 saturated heterocycles. The maximum absolute atomic E-state index is 14.1. The number of nitrogen functional groups attached to an aromatic ring is 1. The normalized spacial score (nSPS) is 29.1.